The first-order valence-corrected chi connectivity index (χ1v) is 15.0. The Morgan fingerprint density at radius 1 is 1.19 bits per heavy atom. The van der Waals surface area contributed by atoms with Crippen molar-refractivity contribution in [2.45, 2.75) is 63.8 Å². The Labute approximate surface area is 249 Å². The number of aromatic nitrogens is 1. The largest absolute Gasteiger partial charge is 0.392 e. The topological polar surface area (TPSA) is 167 Å². The van der Waals surface area contributed by atoms with Gasteiger partial charge in [0, 0.05) is 19.1 Å². The molecule has 6 N–H and O–H groups in total. The summed E-state index contributed by atoms with van der Waals surface area (Å²) in [6.07, 6.45) is 2.51. The van der Waals surface area contributed by atoms with Gasteiger partial charge in [0.25, 0.3) is 0 Å². The van der Waals surface area contributed by atoms with Gasteiger partial charge in [0.1, 0.15) is 6.04 Å². The number of fused-ring (bicyclic) bond motifs is 1. The molecule has 0 radical (unpaired) electrons. The number of imide groups is 1. The maximum absolute atomic E-state index is 14.3. The van der Waals surface area contributed by atoms with Gasteiger partial charge in [-0.1, -0.05) is 36.4 Å². The fourth-order valence-corrected chi connectivity index (χ4v) is 6.27. The summed E-state index contributed by atoms with van der Waals surface area (Å²) in [4.78, 5) is 54.2. The Morgan fingerprint density at radius 2 is 1.95 bits per heavy atom. The number of hydrogen-bond acceptors (Lipinski definition) is 8. The van der Waals surface area contributed by atoms with E-state index in [1.165, 1.54) is 11.3 Å². The fourth-order valence-electron chi connectivity index (χ4n) is 5.25. The van der Waals surface area contributed by atoms with Gasteiger partial charge in [0.15, 0.2) is 11.0 Å². The van der Waals surface area contributed by atoms with Gasteiger partial charge in [-0.3, -0.25) is 19.5 Å². The molecule has 3 amide bonds. The monoisotopic (exact) mass is 593 g/mol. The standard InChI is InChI=1S/C30H39N7O4S/c1-19-8-7-15-36(19)30(41)37(28(40)23(33-2)16-20-9-4-3-5-10-20)24(11-6-14-34-29(31)32)26(39)27-35-22-13-12-21(18-38)17-25(22)42-27/h3-5,9-10,12-13,17,19,23-24,33,38H,6-8,11,14-16,18H2,1-2H3,(H4,31,32,34)/t19-,23-,24?/m1/s1. The molecule has 1 saturated heterocycles. The highest BCUT2D eigenvalue weighted by molar-refractivity contribution is 7.20. The van der Waals surface area contributed by atoms with Gasteiger partial charge in [-0.15, -0.1) is 11.3 Å². The lowest BCUT2D eigenvalue weighted by atomic mass is 10.0. The summed E-state index contributed by atoms with van der Waals surface area (Å²) in [6, 6.07) is 12.4. The van der Waals surface area contributed by atoms with Crippen molar-refractivity contribution >= 4 is 45.2 Å². The van der Waals surface area contributed by atoms with Crippen molar-refractivity contribution in [3.63, 3.8) is 0 Å². The lowest BCUT2D eigenvalue weighted by Crippen LogP contribution is -2.59. The molecule has 1 aliphatic heterocycles. The summed E-state index contributed by atoms with van der Waals surface area (Å²) in [5.41, 5.74) is 13.3. The molecular weight excluding hydrogens is 554 g/mol. The van der Waals surface area contributed by atoms with E-state index in [9.17, 15) is 19.5 Å². The molecule has 1 aromatic heterocycles. The van der Waals surface area contributed by atoms with Crippen LogP contribution < -0.4 is 16.8 Å². The second-order valence-electron chi connectivity index (χ2n) is 10.5. The van der Waals surface area contributed by atoms with Crippen molar-refractivity contribution < 1.29 is 19.5 Å². The number of benzene rings is 2. The van der Waals surface area contributed by atoms with Crippen LogP contribution in [-0.2, 0) is 17.8 Å². The highest BCUT2D eigenvalue weighted by Crippen LogP contribution is 2.28. The highest BCUT2D eigenvalue weighted by Gasteiger charge is 2.42. The number of Topliss-reactive ketones (excluding diaryl/α,β-unsaturated/α-hetero) is 1. The molecule has 12 heteroatoms. The second kappa shape index (κ2) is 14.3. The van der Waals surface area contributed by atoms with Gasteiger partial charge in [0.05, 0.1) is 22.9 Å². The number of likely N-dealkylation sites (tertiary alicyclic amines) is 1. The SMILES string of the molecule is CN[C@H](Cc1ccccc1)C(=O)N(C(=O)N1CCC[C@H]1C)C(CCCN=C(N)N)C(=O)c1nc2ccc(CO)cc2s1. The average molecular weight is 594 g/mol. The number of nitrogens with zero attached hydrogens (tertiary/aromatic N) is 4. The van der Waals surface area contributed by atoms with Crippen LogP contribution in [0.4, 0.5) is 4.79 Å². The number of carbonyl (C=O) groups is 3. The van der Waals surface area contributed by atoms with E-state index in [1.807, 2.05) is 37.3 Å². The number of carbonyl (C=O) groups excluding carboxylic acids is 3. The first-order valence-electron chi connectivity index (χ1n) is 14.2. The summed E-state index contributed by atoms with van der Waals surface area (Å²) in [6.45, 7) is 2.56. The van der Waals surface area contributed by atoms with Crippen molar-refractivity contribution in [2.75, 3.05) is 20.1 Å². The number of amides is 3. The van der Waals surface area contributed by atoms with Crippen LogP contribution in [0.3, 0.4) is 0 Å². The molecule has 3 aromatic rings. The molecule has 3 atom stereocenters. The summed E-state index contributed by atoms with van der Waals surface area (Å²) in [5, 5.41) is 12.8. The van der Waals surface area contributed by atoms with E-state index in [0.717, 1.165) is 28.0 Å². The van der Waals surface area contributed by atoms with Crippen LogP contribution in [0.2, 0.25) is 0 Å². The number of hydrogen-bond donors (Lipinski definition) is 4. The quantitative estimate of drug-likeness (QED) is 0.108. The number of guanidine groups is 1. The normalized spacial score (nSPS) is 16.3. The Hall–Kier alpha value is -3.87. The molecule has 1 fully saturated rings. The number of aliphatic hydroxyl groups excluding tert-OH is 1. The smallest absolute Gasteiger partial charge is 0.327 e. The van der Waals surface area contributed by atoms with E-state index >= 15 is 0 Å². The van der Waals surface area contributed by atoms with E-state index in [-0.39, 0.29) is 36.6 Å². The van der Waals surface area contributed by atoms with Crippen LogP contribution in [-0.4, -0.2) is 81.8 Å². The summed E-state index contributed by atoms with van der Waals surface area (Å²) < 4.78 is 0.735. The zero-order chi connectivity index (χ0) is 30.2. The second-order valence-corrected chi connectivity index (χ2v) is 11.5. The van der Waals surface area contributed by atoms with Gasteiger partial charge in [-0.2, -0.15) is 0 Å². The van der Waals surface area contributed by atoms with Gasteiger partial charge in [-0.05, 0) is 69.3 Å². The van der Waals surface area contributed by atoms with Crippen molar-refractivity contribution in [3.05, 3.63) is 64.7 Å². The van der Waals surface area contributed by atoms with Crippen LogP contribution >= 0.6 is 11.3 Å². The summed E-state index contributed by atoms with van der Waals surface area (Å²) in [5.74, 6) is -0.972. The third-order valence-electron chi connectivity index (χ3n) is 7.56. The number of rotatable bonds is 12. The molecular formula is C30H39N7O4S. The molecule has 2 heterocycles. The molecule has 11 nitrogen and oxygen atoms in total. The number of aliphatic hydroxyl groups is 1. The number of likely N-dealkylation sites (N-methyl/N-ethyl adjacent to an activating group) is 1. The molecule has 42 heavy (non-hydrogen) atoms. The molecule has 224 valence electrons. The van der Waals surface area contributed by atoms with Gasteiger partial charge in [0.2, 0.25) is 11.7 Å². The lowest BCUT2D eigenvalue weighted by molar-refractivity contribution is -0.132. The van der Waals surface area contributed by atoms with Crippen molar-refractivity contribution in [2.24, 2.45) is 16.5 Å². The van der Waals surface area contributed by atoms with Crippen molar-refractivity contribution in [1.29, 1.82) is 0 Å². The summed E-state index contributed by atoms with van der Waals surface area (Å²) >= 11 is 1.18. The maximum Gasteiger partial charge on any atom is 0.327 e. The zero-order valence-electron chi connectivity index (χ0n) is 24.0. The zero-order valence-corrected chi connectivity index (χ0v) is 24.8. The summed E-state index contributed by atoms with van der Waals surface area (Å²) in [7, 11) is 1.68. The van der Waals surface area contributed by atoms with Crippen LogP contribution in [0, 0.1) is 0 Å². The maximum atomic E-state index is 14.3. The fraction of sp³-hybridized carbons (Fsp3) is 0.433. The number of urea groups is 1. The van der Waals surface area contributed by atoms with Gasteiger partial charge >= 0.3 is 6.03 Å². The minimum Gasteiger partial charge on any atom is -0.392 e. The molecule has 2 aromatic carbocycles. The highest BCUT2D eigenvalue weighted by atomic mass is 32.1. The molecule has 0 bridgehead atoms. The number of ketones is 1. The Morgan fingerprint density at radius 3 is 2.60 bits per heavy atom. The predicted octanol–water partition coefficient (Wildman–Crippen LogP) is 2.66. The minimum atomic E-state index is -1.11. The first-order chi connectivity index (χ1) is 20.2. The van der Waals surface area contributed by atoms with E-state index in [4.69, 9.17) is 11.5 Å². The number of thiazole rings is 1. The van der Waals surface area contributed by atoms with Crippen molar-refractivity contribution in [1.82, 2.24) is 20.1 Å². The average Bonchev–Trinajstić information content (AvgIpc) is 3.62. The van der Waals surface area contributed by atoms with Gasteiger partial charge in [-0.25, -0.2) is 9.78 Å². The third-order valence-corrected chi connectivity index (χ3v) is 8.59. The number of nitrogens with two attached hydrogens (primary N) is 2. The van der Waals surface area contributed by atoms with E-state index in [1.54, 1.807) is 30.1 Å². The van der Waals surface area contributed by atoms with E-state index in [2.05, 4.69) is 15.3 Å². The molecule has 4 rings (SSSR count). The van der Waals surface area contributed by atoms with Crippen molar-refractivity contribution in [3.8, 4) is 0 Å². The predicted molar refractivity (Wildman–Crippen MR) is 164 cm³/mol. The minimum absolute atomic E-state index is 0.0632. The Balaban J connectivity index is 1.75. The van der Waals surface area contributed by atoms with E-state index < -0.39 is 29.8 Å². The first kappa shape index (κ1) is 31.1. The Bertz CT molecular complexity index is 1420. The molecule has 0 saturated carbocycles. The van der Waals surface area contributed by atoms with Gasteiger partial charge < -0.3 is 26.8 Å². The molecule has 0 aliphatic carbocycles. The molecule has 0 spiro atoms. The number of aliphatic imine (C=N–C) groups is 1. The molecule has 1 aliphatic rings. The van der Waals surface area contributed by atoms with Crippen LogP contribution in [0.5, 0.6) is 0 Å². The van der Waals surface area contributed by atoms with Crippen LogP contribution in [0.1, 0.15) is 53.5 Å². The van der Waals surface area contributed by atoms with Crippen LogP contribution in [0.25, 0.3) is 10.2 Å². The Kier molecular flexibility index (Phi) is 10.6. The third kappa shape index (κ3) is 7.30. The lowest BCUT2D eigenvalue weighted by Gasteiger charge is -2.36. The van der Waals surface area contributed by atoms with E-state index in [0.29, 0.717) is 30.5 Å². The number of nitrogens with one attached hydrogen (secondary N) is 1. The molecule has 1 unspecified atom stereocenters. The van der Waals surface area contributed by atoms with Crippen LogP contribution in [0.15, 0.2) is 53.5 Å².